The number of nitrogens with zero attached hydrogens (tertiary/aromatic N) is 3. The van der Waals surface area contributed by atoms with Crippen LogP contribution in [0.2, 0.25) is 0 Å². The molecule has 20 heavy (non-hydrogen) atoms. The molecule has 3 unspecified atom stereocenters. The predicted molar refractivity (Wildman–Crippen MR) is 71.9 cm³/mol. The Labute approximate surface area is 119 Å². The number of hydrogen-bond acceptors (Lipinski definition) is 3. The van der Waals surface area contributed by atoms with Crippen molar-refractivity contribution in [2.75, 3.05) is 6.54 Å². The van der Waals surface area contributed by atoms with Crippen LogP contribution in [0.4, 0.5) is 4.79 Å². The van der Waals surface area contributed by atoms with Crippen LogP contribution in [0.1, 0.15) is 39.5 Å². The van der Waals surface area contributed by atoms with Crippen LogP contribution in [0.5, 0.6) is 0 Å². The summed E-state index contributed by atoms with van der Waals surface area (Å²) >= 11 is 0. The van der Waals surface area contributed by atoms with Gasteiger partial charge in [-0.2, -0.15) is 5.26 Å². The molecule has 110 valence electrons. The van der Waals surface area contributed by atoms with Crippen LogP contribution in [0.15, 0.2) is 0 Å². The molecule has 0 aromatic rings. The smallest absolute Gasteiger partial charge is 0.320 e. The SMILES string of the molecule is CC(C)N(CCC#N)C(=O)N1C2CCC1C(C(=O)O)C2. The average Bonchev–Trinajstić information content (AvgIpc) is 2.95. The number of carbonyl (C=O) groups is 2. The Morgan fingerprint density at radius 3 is 2.65 bits per heavy atom. The van der Waals surface area contributed by atoms with Crippen molar-refractivity contribution in [2.24, 2.45) is 5.92 Å². The van der Waals surface area contributed by atoms with E-state index in [-0.39, 0.29) is 24.2 Å². The fraction of sp³-hybridized carbons (Fsp3) is 0.786. The zero-order valence-electron chi connectivity index (χ0n) is 12.0. The predicted octanol–water partition coefficient (Wildman–Crippen LogP) is 1.67. The van der Waals surface area contributed by atoms with Gasteiger partial charge in [0.25, 0.3) is 0 Å². The van der Waals surface area contributed by atoms with E-state index < -0.39 is 11.9 Å². The van der Waals surface area contributed by atoms with E-state index in [1.54, 1.807) is 9.80 Å². The fourth-order valence-electron chi connectivity index (χ4n) is 3.45. The van der Waals surface area contributed by atoms with Crippen LogP contribution < -0.4 is 0 Å². The summed E-state index contributed by atoms with van der Waals surface area (Å²) < 4.78 is 0. The molecular weight excluding hydrogens is 258 g/mol. The van der Waals surface area contributed by atoms with Gasteiger partial charge in [0.15, 0.2) is 0 Å². The van der Waals surface area contributed by atoms with E-state index in [4.69, 9.17) is 5.26 Å². The highest BCUT2D eigenvalue weighted by Gasteiger charge is 2.52. The molecule has 2 fully saturated rings. The monoisotopic (exact) mass is 279 g/mol. The number of carboxylic acid groups (broad SMARTS) is 1. The summed E-state index contributed by atoms with van der Waals surface area (Å²) in [6.45, 7) is 4.24. The second-order valence-electron chi connectivity index (χ2n) is 5.86. The van der Waals surface area contributed by atoms with Crippen LogP contribution in [0.25, 0.3) is 0 Å². The van der Waals surface area contributed by atoms with E-state index >= 15 is 0 Å². The molecule has 0 saturated carbocycles. The number of amides is 2. The van der Waals surface area contributed by atoms with Gasteiger partial charge in [0.2, 0.25) is 0 Å². The zero-order chi connectivity index (χ0) is 14.9. The van der Waals surface area contributed by atoms with Gasteiger partial charge in [-0.15, -0.1) is 0 Å². The molecule has 3 atom stereocenters. The molecule has 6 nitrogen and oxygen atoms in total. The van der Waals surface area contributed by atoms with Gasteiger partial charge in [-0.3, -0.25) is 4.79 Å². The summed E-state index contributed by atoms with van der Waals surface area (Å²) in [7, 11) is 0. The van der Waals surface area contributed by atoms with Crippen molar-refractivity contribution in [3.63, 3.8) is 0 Å². The van der Waals surface area contributed by atoms with Crippen molar-refractivity contribution in [1.29, 1.82) is 5.26 Å². The highest BCUT2D eigenvalue weighted by Crippen LogP contribution is 2.42. The van der Waals surface area contributed by atoms with Gasteiger partial charge in [-0.1, -0.05) is 0 Å². The highest BCUT2D eigenvalue weighted by molar-refractivity contribution is 5.79. The highest BCUT2D eigenvalue weighted by atomic mass is 16.4. The van der Waals surface area contributed by atoms with Gasteiger partial charge in [-0.25, -0.2) is 4.79 Å². The number of urea groups is 1. The standard InChI is InChI=1S/C14H21N3O3/c1-9(2)16(7-3-6-15)14(20)17-10-4-5-12(17)11(8-10)13(18)19/h9-12H,3-5,7-8H2,1-2H3,(H,18,19). The Bertz CT molecular complexity index is 443. The maximum atomic E-state index is 12.7. The molecule has 2 amide bonds. The van der Waals surface area contributed by atoms with E-state index in [0.717, 1.165) is 12.8 Å². The second kappa shape index (κ2) is 5.70. The molecule has 2 aliphatic heterocycles. The lowest BCUT2D eigenvalue weighted by molar-refractivity contribution is -0.142. The van der Waals surface area contributed by atoms with E-state index in [0.29, 0.717) is 19.4 Å². The molecule has 2 heterocycles. The summed E-state index contributed by atoms with van der Waals surface area (Å²) in [6.07, 6.45) is 2.54. The topological polar surface area (TPSA) is 84.6 Å². The number of aliphatic carboxylic acids is 1. The molecule has 0 aliphatic carbocycles. The van der Waals surface area contributed by atoms with Crippen LogP contribution in [0.3, 0.4) is 0 Å². The Hall–Kier alpha value is -1.77. The summed E-state index contributed by atoms with van der Waals surface area (Å²) in [5.74, 6) is -1.23. The Morgan fingerprint density at radius 1 is 1.45 bits per heavy atom. The molecule has 2 aliphatic rings. The lowest BCUT2D eigenvalue weighted by Crippen LogP contribution is -2.49. The number of carbonyl (C=O) groups excluding carboxylic acids is 1. The largest absolute Gasteiger partial charge is 0.481 e. The van der Waals surface area contributed by atoms with Gasteiger partial charge in [0.1, 0.15) is 0 Å². The number of rotatable bonds is 4. The molecule has 0 aromatic heterocycles. The molecule has 6 heteroatoms. The van der Waals surface area contributed by atoms with Crippen molar-refractivity contribution >= 4 is 12.0 Å². The molecule has 2 bridgehead atoms. The van der Waals surface area contributed by atoms with Crippen LogP contribution in [-0.2, 0) is 4.79 Å². The minimum absolute atomic E-state index is 0.0131. The van der Waals surface area contributed by atoms with E-state index in [2.05, 4.69) is 6.07 Å². The zero-order valence-corrected chi connectivity index (χ0v) is 12.0. The fourth-order valence-corrected chi connectivity index (χ4v) is 3.45. The van der Waals surface area contributed by atoms with Crippen molar-refractivity contribution in [1.82, 2.24) is 9.80 Å². The van der Waals surface area contributed by atoms with Crippen molar-refractivity contribution in [2.45, 2.75) is 57.7 Å². The molecule has 1 N–H and O–H groups in total. The number of carboxylic acids is 1. The van der Waals surface area contributed by atoms with Gasteiger partial charge < -0.3 is 14.9 Å². The molecule has 0 radical (unpaired) electrons. The molecular formula is C14H21N3O3. The van der Waals surface area contributed by atoms with Crippen molar-refractivity contribution < 1.29 is 14.7 Å². The van der Waals surface area contributed by atoms with Crippen molar-refractivity contribution in [3.8, 4) is 6.07 Å². The van der Waals surface area contributed by atoms with Crippen LogP contribution >= 0.6 is 0 Å². The quantitative estimate of drug-likeness (QED) is 0.848. The van der Waals surface area contributed by atoms with E-state index in [9.17, 15) is 14.7 Å². The second-order valence-corrected chi connectivity index (χ2v) is 5.86. The normalized spacial score (nSPS) is 27.7. The maximum Gasteiger partial charge on any atom is 0.320 e. The molecule has 2 rings (SSSR count). The summed E-state index contributed by atoms with van der Waals surface area (Å²) in [5.41, 5.74) is 0. The maximum absolute atomic E-state index is 12.7. The lowest BCUT2D eigenvalue weighted by Gasteiger charge is -2.33. The lowest BCUT2D eigenvalue weighted by atomic mass is 9.89. The average molecular weight is 279 g/mol. The third-order valence-corrected chi connectivity index (χ3v) is 4.41. The molecule has 0 aromatic carbocycles. The van der Waals surface area contributed by atoms with Crippen LogP contribution in [-0.4, -0.2) is 51.6 Å². The third kappa shape index (κ3) is 2.45. The first kappa shape index (κ1) is 14.6. The summed E-state index contributed by atoms with van der Waals surface area (Å²) in [4.78, 5) is 27.4. The van der Waals surface area contributed by atoms with Crippen LogP contribution in [0, 0.1) is 17.2 Å². The first-order valence-corrected chi connectivity index (χ1v) is 7.16. The third-order valence-electron chi connectivity index (χ3n) is 4.41. The molecule has 2 saturated heterocycles. The van der Waals surface area contributed by atoms with Gasteiger partial charge in [0, 0.05) is 24.7 Å². The van der Waals surface area contributed by atoms with E-state index in [1.807, 2.05) is 13.8 Å². The first-order chi connectivity index (χ1) is 9.47. The Balaban J connectivity index is 2.12. The van der Waals surface area contributed by atoms with Gasteiger partial charge in [0.05, 0.1) is 18.4 Å². The first-order valence-electron chi connectivity index (χ1n) is 7.16. The summed E-state index contributed by atoms with van der Waals surface area (Å²) in [6, 6.07) is 1.84. The number of hydrogen-bond donors (Lipinski definition) is 1. The number of nitriles is 1. The minimum Gasteiger partial charge on any atom is -0.481 e. The van der Waals surface area contributed by atoms with E-state index in [1.165, 1.54) is 0 Å². The van der Waals surface area contributed by atoms with Gasteiger partial charge in [-0.05, 0) is 33.1 Å². The minimum atomic E-state index is -0.803. The summed E-state index contributed by atoms with van der Waals surface area (Å²) in [5, 5.41) is 17.9. The molecule has 0 spiro atoms. The van der Waals surface area contributed by atoms with Crippen molar-refractivity contribution in [3.05, 3.63) is 0 Å². The number of fused-ring (bicyclic) bond motifs is 2. The Morgan fingerprint density at radius 2 is 2.15 bits per heavy atom. The van der Waals surface area contributed by atoms with Gasteiger partial charge >= 0.3 is 12.0 Å². The Kier molecular flexibility index (Phi) is 4.17.